The zero-order valence-corrected chi connectivity index (χ0v) is 15.7. The van der Waals surface area contributed by atoms with Gasteiger partial charge in [-0.05, 0) is 30.2 Å². The Balaban J connectivity index is 1.31. The van der Waals surface area contributed by atoms with Crippen LogP contribution in [0.25, 0.3) is 9.88 Å². The summed E-state index contributed by atoms with van der Waals surface area (Å²) in [5, 5.41) is 5.02. The highest BCUT2D eigenvalue weighted by molar-refractivity contribution is 7.20. The van der Waals surface area contributed by atoms with Gasteiger partial charge in [0.15, 0.2) is 0 Å². The summed E-state index contributed by atoms with van der Waals surface area (Å²) in [4.78, 5) is 34.0. The molecule has 0 aromatic carbocycles. The summed E-state index contributed by atoms with van der Waals surface area (Å²) < 4.78 is 0. The summed E-state index contributed by atoms with van der Waals surface area (Å²) >= 11 is 3.27. The Hall–Kier alpha value is -1.73. The van der Waals surface area contributed by atoms with E-state index >= 15 is 0 Å². The molecule has 2 aliphatic rings. The molecule has 2 amide bonds. The van der Waals surface area contributed by atoms with Crippen molar-refractivity contribution < 1.29 is 9.59 Å². The van der Waals surface area contributed by atoms with Gasteiger partial charge in [0.1, 0.15) is 5.01 Å². The molecule has 0 bridgehead atoms. The van der Waals surface area contributed by atoms with Crippen molar-refractivity contribution in [2.45, 2.75) is 25.7 Å². The van der Waals surface area contributed by atoms with Gasteiger partial charge < -0.3 is 9.80 Å². The van der Waals surface area contributed by atoms with Crippen molar-refractivity contribution in [2.75, 3.05) is 26.2 Å². The van der Waals surface area contributed by atoms with Crippen molar-refractivity contribution in [3.8, 4) is 9.88 Å². The molecule has 4 heterocycles. The Morgan fingerprint density at radius 2 is 2.24 bits per heavy atom. The fraction of sp³-hybridized carbons (Fsp3) is 0.500. The Labute approximate surface area is 155 Å². The van der Waals surface area contributed by atoms with Crippen molar-refractivity contribution in [3.63, 3.8) is 0 Å². The molecule has 0 N–H and O–H groups in total. The van der Waals surface area contributed by atoms with Gasteiger partial charge in [0, 0.05) is 38.0 Å². The first-order chi connectivity index (χ1) is 12.2. The van der Waals surface area contributed by atoms with Gasteiger partial charge in [0.05, 0.1) is 17.0 Å². The molecular weight excluding hydrogens is 354 g/mol. The molecule has 2 saturated heterocycles. The average Bonchev–Trinajstić information content (AvgIpc) is 3.35. The van der Waals surface area contributed by atoms with E-state index in [9.17, 15) is 9.59 Å². The maximum atomic E-state index is 12.6. The fourth-order valence-electron chi connectivity index (χ4n) is 3.59. The second-order valence-electron chi connectivity index (χ2n) is 6.74. The average molecular weight is 376 g/mol. The van der Waals surface area contributed by atoms with E-state index in [1.807, 2.05) is 26.6 Å². The molecule has 1 atom stereocenters. The Morgan fingerprint density at radius 3 is 3.00 bits per heavy atom. The van der Waals surface area contributed by atoms with E-state index in [2.05, 4.69) is 11.1 Å². The van der Waals surface area contributed by atoms with Gasteiger partial charge in [-0.2, -0.15) is 0 Å². The molecule has 7 heteroatoms. The third kappa shape index (κ3) is 3.77. The third-order valence-corrected chi connectivity index (χ3v) is 6.83. The second kappa shape index (κ2) is 7.25. The molecule has 2 fully saturated rings. The van der Waals surface area contributed by atoms with Gasteiger partial charge in [-0.1, -0.05) is 6.07 Å². The van der Waals surface area contributed by atoms with E-state index < -0.39 is 0 Å². The van der Waals surface area contributed by atoms with Crippen LogP contribution in [-0.4, -0.2) is 52.8 Å². The number of aromatic nitrogens is 1. The van der Waals surface area contributed by atoms with Gasteiger partial charge in [-0.15, -0.1) is 22.7 Å². The monoisotopic (exact) mass is 375 g/mol. The molecule has 2 aromatic rings. The summed E-state index contributed by atoms with van der Waals surface area (Å²) in [6.45, 7) is 3.26. The largest absolute Gasteiger partial charge is 0.342 e. The smallest absolute Gasteiger partial charge is 0.228 e. The highest BCUT2D eigenvalue weighted by atomic mass is 32.1. The first-order valence-corrected chi connectivity index (χ1v) is 10.5. The van der Waals surface area contributed by atoms with Crippen LogP contribution in [0.5, 0.6) is 0 Å². The number of thiophene rings is 1. The van der Waals surface area contributed by atoms with Crippen LogP contribution in [0.3, 0.4) is 0 Å². The standard InChI is InChI=1S/C18H21N3O2S2/c22-16-4-1-6-20(16)10-13-5-7-21(11-13)17(23)9-14-12-25-18(19-14)15-3-2-8-24-15/h2-3,8,12-13H,1,4-7,9-11H2. The minimum absolute atomic E-state index is 0.151. The van der Waals surface area contributed by atoms with E-state index in [-0.39, 0.29) is 11.8 Å². The number of hydrogen-bond acceptors (Lipinski definition) is 5. The first-order valence-electron chi connectivity index (χ1n) is 8.73. The van der Waals surface area contributed by atoms with E-state index in [0.29, 0.717) is 18.8 Å². The Bertz CT molecular complexity index is 756. The molecule has 5 nitrogen and oxygen atoms in total. The van der Waals surface area contributed by atoms with Crippen LogP contribution in [0, 0.1) is 5.92 Å². The highest BCUT2D eigenvalue weighted by Gasteiger charge is 2.30. The number of thiazole rings is 1. The number of hydrogen-bond donors (Lipinski definition) is 0. The van der Waals surface area contributed by atoms with Crippen molar-refractivity contribution in [1.29, 1.82) is 0 Å². The number of rotatable bonds is 5. The predicted octanol–water partition coefficient (Wildman–Crippen LogP) is 2.89. The Morgan fingerprint density at radius 1 is 1.32 bits per heavy atom. The molecule has 0 aliphatic carbocycles. The normalized spacial score (nSPS) is 20.6. The third-order valence-electron chi connectivity index (χ3n) is 4.90. The highest BCUT2D eigenvalue weighted by Crippen LogP contribution is 2.28. The van der Waals surface area contributed by atoms with Crippen LogP contribution in [0.1, 0.15) is 25.0 Å². The van der Waals surface area contributed by atoms with Gasteiger partial charge >= 0.3 is 0 Å². The number of amides is 2. The van der Waals surface area contributed by atoms with Crippen molar-refractivity contribution >= 4 is 34.5 Å². The van der Waals surface area contributed by atoms with Gasteiger partial charge in [-0.25, -0.2) is 4.98 Å². The molecule has 0 spiro atoms. The minimum atomic E-state index is 0.151. The lowest BCUT2D eigenvalue weighted by molar-refractivity contribution is -0.129. The zero-order chi connectivity index (χ0) is 17.2. The molecule has 1 unspecified atom stereocenters. The molecule has 2 aliphatic heterocycles. The maximum absolute atomic E-state index is 12.6. The van der Waals surface area contributed by atoms with Gasteiger partial charge in [0.2, 0.25) is 11.8 Å². The van der Waals surface area contributed by atoms with Crippen LogP contribution in [0.15, 0.2) is 22.9 Å². The molecular formula is C18H21N3O2S2. The van der Waals surface area contributed by atoms with Crippen molar-refractivity contribution in [2.24, 2.45) is 5.92 Å². The molecule has 25 heavy (non-hydrogen) atoms. The van der Waals surface area contributed by atoms with Crippen LogP contribution in [-0.2, 0) is 16.0 Å². The SMILES string of the molecule is O=C1CCCN1CC1CCN(C(=O)Cc2csc(-c3cccs3)n2)C1. The number of carbonyl (C=O) groups is 2. The summed E-state index contributed by atoms with van der Waals surface area (Å²) in [6, 6.07) is 4.07. The van der Waals surface area contributed by atoms with E-state index in [1.54, 1.807) is 22.7 Å². The zero-order valence-electron chi connectivity index (χ0n) is 14.0. The molecule has 0 radical (unpaired) electrons. The van der Waals surface area contributed by atoms with Crippen molar-refractivity contribution in [3.05, 3.63) is 28.6 Å². The predicted molar refractivity (Wildman–Crippen MR) is 99.6 cm³/mol. The summed E-state index contributed by atoms with van der Waals surface area (Å²) in [5.41, 5.74) is 0.858. The summed E-state index contributed by atoms with van der Waals surface area (Å²) in [5.74, 6) is 0.842. The molecule has 2 aromatic heterocycles. The van der Waals surface area contributed by atoms with Crippen molar-refractivity contribution in [1.82, 2.24) is 14.8 Å². The van der Waals surface area contributed by atoms with Crippen LogP contribution in [0.4, 0.5) is 0 Å². The fourth-order valence-corrected chi connectivity index (χ4v) is 5.22. The van der Waals surface area contributed by atoms with E-state index in [1.165, 1.54) is 0 Å². The molecule has 132 valence electrons. The minimum Gasteiger partial charge on any atom is -0.342 e. The lowest BCUT2D eigenvalue weighted by Crippen LogP contribution is -2.34. The van der Waals surface area contributed by atoms with E-state index in [4.69, 9.17) is 0 Å². The molecule has 0 saturated carbocycles. The van der Waals surface area contributed by atoms with Gasteiger partial charge in [0.25, 0.3) is 0 Å². The summed E-state index contributed by atoms with van der Waals surface area (Å²) in [6.07, 6.45) is 3.03. The van der Waals surface area contributed by atoms with E-state index in [0.717, 1.165) is 54.6 Å². The first kappa shape index (κ1) is 16.7. The Kier molecular flexibility index (Phi) is 4.85. The lowest BCUT2D eigenvalue weighted by Gasteiger charge is -2.21. The number of nitrogens with zero attached hydrogens (tertiary/aromatic N) is 3. The number of carbonyl (C=O) groups excluding carboxylic acids is 2. The molecule has 4 rings (SSSR count). The second-order valence-corrected chi connectivity index (χ2v) is 8.54. The quantitative estimate of drug-likeness (QED) is 0.807. The number of likely N-dealkylation sites (tertiary alicyclic amines) is 2. The van der Waals surface area contributed by atoms with Gasteiger partial charge in [-0.3, -0.25) is 9.59 Å². The topological polar surface area (TPSA) is 53.5 Å². The summed E-state index contributed by atoms with van der Waals surface area (Å²) in [7, 11) is 0. The lowest BCUT2D eigenvalue weighted by atomic mass is 10.1. The van der Waals surface area contributed by atoms with Crippen LogP contribution < -0.4 is 0 Å². The van der Waals surface area contributed by atoms with Crippen LogP contribution >= 0.6 is 22.7 Å². The maximum Gasteiger partial charge on any atom is 0.228 e. The van der Waals surface area contributed by atoms with Crippen LogP contribution in [0.2, 0.25) is 0 Å².